The summed E-state index contributed by atoms with van der Waals surface area (Å²) < 4.78 is 0. The van der Waals surface area contributed by atoms with Gasteiger partial charge in [-0.15, -0.1) is 0 Å². The van der Waals surface area contributed by atoms with Crippen molar-refractivity contribution in [3.8, 4) is 0 Å². The fourth-order valence-electron chi connectivity index (χ4n) is 2.95. The zero-order valence-corrected chi connectivity index (χ0v) is 15.5. The van der Waals surface area contributed by atoms with E-state index in [2.05, 4.69) is 15.6 Å². The van der Waals surface area contributed by atoms with Gasteiger partial charge in [-0.05, 0) is 42.2 Å². The Hall–Kier alpha value is -3.41. The highest BCUT2D eigenvalue weighted by molar-refractivity contribution is 5.99. The molecule has 2 aromatic rings. The van der Waals surface area contributed by atoms with Crippen LogP contribution in [-0.4, -0.2) is 35.9 Å². The second-order valence-corrected chi connectivity index (χ2v) is 6.56. The lowest BCUT2D eigenvalue weighted by Crippen LogP contribution is -2.35. The van der Waals surface area contributed by atoms with Gasteiger partial charge in [0.1, 0.15) is 0 Å². The van der Waals surface area contributed by atoms with E-state index in [0.29, 0.717) is 18.4 Å². The van der Waals surface area contributed by atoms with Gasteiger partial charge in [0, 0.05) is 36.8 Å². The second kappa shape index (κ2) is 9.50. The molecule has 0 spiro atoms. The minimum absolute atomic E-state index is 0.0636. The van der Waals surface area contributed by atoms with Crippen molar-refractivity contribution in [2.75, 3.05) is 18.4 Å². The van der Waals surface area contributed by atoms with E-state index in [-0.39, 0.29) is 5.78 Å². The molecule has 0 aromatic heterocycles. The second-order valence-electron chi connectivity index (χ2n) is 6.56. The summed E-state index contributed by atoms with van der Waals surface area (Å²) in [6.45, 7) is 1.69. The Kier molecular flexibility index (Phi) is 6.57. The summed E-state index contributed by atoms with van der Waals surface area (Å²) in [5, 5.41) is 15.1. The molecule has 0 bridgehead atoms. The summed E-state index contributed by atoms with van der Waals surface area (Å²) in [7, 11) is 0. The molecule has 6 heteroatoms. The van der Waals surface area contributed by atoms with E-state index in [0.717, 1.165) is 48.4 Å². The van der Waals surface area contributed by atoms with Crippen LogP contribution in [0.2, 0.25) is 0 Å². The van der Waals surface area contributed by atoms with Crippen molar-refractivity contribution in [1.29, 1.82) is 0 Å². The zero-order valence-electron chi connectivity index (χ0n) is 15.5. The first kappa shape index (κ1) is 19.4. The van der Waals surface area contributed by atoms with Crippen LogP contribution < -0.4 is 10.6 Å². The summed E-state index contributed by atoms with van der Waals surface area (Å²) in [5.74, 6) is -0.181. The standard InChI is InChI=1S/C22H23N3O3/c26-20(10-8-16-4-1-5-17(14-16)9-11-21(27)28)18-6-2-7-19(15-18)25-22-23-12-3-13-24-22/h1-2,4-7,9,11,14-15H,3,8,10,12-13H2,(H,27,28)(H2,23,24,25)/b11-9+. The lowest BCUT2D eigenvalue weighted by Gasteiger charge is -2.16. The molecule has 0 saturated heterocycles. The normalized spacial score (nSPS) is 13.6. The number of carbonyl (C=O) groups is 2. The molecule has 28 heavy (non-hydrogen) atoms. The fourth-order valence-corrected chi connectivity index (χ4v) is 2.95. The first-order valence-corrected chi connectivity index (χ1v) is 9.29. The van der Waals surface area contributed by atoms with E-state index >= 15 is 0 Å². The lowest BCUT2D eigenvalue weighted by molar-refractivity contribution is -0.131. The summed E-state index contributed by atoms with van der Waals surface area (Å²) in [6.07, 6.45) is 4.66. The monoisotopic (exact) mass is 377 g/mol. The molecule has 0 fully saturated rings. The number of anilines is 1. The first-order chi connectivity index (χ1) is 13.6. The molecule has 1 aliphatic rings. The molecule has 3 rings (SSSR count). The van der Waals surface area contributed by atoms with E-state index in [9.17, 15) is 9.59 Å². The van der Waals surface area contributed by atoms with Crippen LogP contribution in [0.3, 0.4) is 0 Å². The predicted octanol–water partition coefficient (Wildman–Crippen LogP) is 3.36. The molecule has 1 aliphatic heterocycles. The van der Waals surface area contributed by atoms with Crippen LogP contribution in [0.25, 0.3) is 6.08 Å². The fraction of sp³-hybridized carbons (Fsp3) is 0.227. The van der Waals surface area contributed by atoms with E-state index in [1.165, 1.54) is 0 Å². The molecule has 2 aromatic carbocycles. The quantitative estimate of drug-likeness (QED) is 0.508. The van der Waals surface area contributed by atoms with Gasteiger partial charge in [-0.3, -0.25) is 9.79 Å². The van der Waals surface area contributed by atoms with Gasteiger partial charge in [-0.1, -0.05) is 36.4 Å². The number of guanidine groups is 1. The molecule has 3 N–H and O–H groups in total. The van der Waals surface area contributed by atoms with E-state index in [1.54, 1.807) is 6.08 Å². The van der Waals surface area contributed by atoms with Crippen molar-refractivity contribution >= 4 is 29.5 Å². The number of aryl methyl sites for hydroxylation is 1. The number of aliphatic imine (C=N–C) groups is 1. The Labute approximate surface area is 164 Å². The smallest absolute Gasteiger partial charge is 0.328 e. The number of carboxylic acids is 1. The number of ketones is 1. The highest BCUT2D eigenvalue weighted by atomic mass is 16.4. The molecule has 0 unspecified atom stereocenters. The summed E-state index contributed by atoms with van der Waals surface area (Å²) >= 11 is 0. The third kappa shape index (κ3) is 5.81. The Morgan fingerprint density at radius 2 is 2.04 bits per heavy atom. The van der Waals surface area contributed by atoms with Crippen LogP contribution in [0.15, 0.2) is 59.6 Å². The SMILES string of the molecule is O=C(O)/C=C/c1cccc(CCC(=O)c2cccc(NC3=NCCCN3)c2)c1. The molecule has 0 radical (unpaired) electrons. The largest absolute Gasteiger partial charge is 0.478 e. The third-order valence-corrected chi connectivity index (χ3v) is 4.35. The molecule has 144 valence electrons. The molecule has 6 nitrogen and oxygen atoms in total. The van der Waals surface area contributed by atoms with Crippen LogP contribution in [0.5, 0.6) is 0 Å². The first-order valence-electron chi connectivity index (χ1n) is 9.29. The molecule has 0 saturated carbocycles. The maximum atomic E-state index is 12.6. The number of carboxylic acid groups (broad SMARTS) is 1. The number of Topliss-reactive ketones (excluding diaryl/α,β-unsaturated/α-hetero) is 1. The molecule has 0 amide bonds. The van der Waals surface area contributed by atoms with E-state index in [1.807, 2.05) is 48.5 Å². The van der Waals surface area contributed by atoms with Gasteiger partial charge in [0.25, 0.3) is 0 Å². The predicted molar refractivity (Wildman–Crippen MR) is 111 cm³/mol. The van der Waals surface area contributed by atoms with Gasteiger partial charge in [0.05, 0.1) is 0 Å². The number of benzene rings is 2. The molecular weight excluding hydrogens is 354 g/mol. The van der Waals surface area contributed by atoms with Crippen molar-refractivity contribution in [3.63, 3.8) is 0 Å². The van der Waals surface area contributed by atoms with Gasteiger partial charge < -0.3 is 15.7 Å². The van der Waals surface area contributed by atoms with E-state index < -0.39 is 5.97 Å². The van der Waals surface area contributed by atoms with Crippen LogP contribution in [0.4, 0.5) is 5.69 Å². The van der Waals surface area contributed by atoms with Gasteiger partial charge in [0.15, 0.2) is 11.7 Å². The van der Waals surface area contributed by atoms with Crippen LogP contribution >= 0.6 is 0 Å². The lowest BCUT2D eigenvalue weighted by atomic mass is 10.0. The van der Waals surface area contributed by atoms with Gasteiger partial charge in [-0.25, -0.2) is 4.79 Å². The molecule has 1 heterocycles. The Morgan fingerprint density at radius 3 is 2.82 bits per heavy atom. The number of carbonyl (C=O) groups excluding carboxylic acids is 1. The molecule has 0 aliphatic carbocycles. The highest BCUT2D eigenvalue weighted by Crippen LogP contribution is 2.15. The highest BCUT2D eigenvalue weighted by Gasteiger charge is 2.09. The Morgan fingerprint density at radius 1 is 1.18 bits per heavy atom. The Bertz CT molecular complexity index is 919. The average Bonchev–Trinajstić information content (AvgIpc) is 2.72. The van der Waals surface area contributed by atoms with Crippen molar-refractivity contribution in [1.82, 2.24) is 5.32 Å². The third-order valence-electron chi connectivity index (χ3n) is 4.35. The number of hydrogen-bond acceptors (Lipinski definition) is 5. The van der Waals surface area contributed by atoms with Crippen molar-refractivity contribution < 1.29 is 14.7 Å². The minimum Gasteiger partial charge on any atom is -0.478 e. The van der Waals surface area contributed by atoms with Gasteiger partial charge in [-0.2, -0.15) is 0 Å². The topological polar surface area (TPSA) is 90.8 Å². The van der Waals surface area contributed by atoms with Gasteiger partial charge >= 0.3 is 5.97 Å². The minimum atomic E-state index is -0.983. The van der Waals surface area contributed by atoms with E-state index in [4.69, 9.17) is 5.11 Å². The number of nitrogens with zero attached hydrogens (tertiary/aromatic N) is 1. The van der Waals surface area contributed by atoms with Gasteiger partial charge in [0.2, 0.25) is 0 Å². The van der Waals surface area contributed by atoms with Crippen LogP contribution in [0, 0.1) is 0 Å². The number of nitrogens with one attached hydrogen (secondary N) is 2. The zero-order chi connectivity index (χ0) is 19.8. The number of aliphatic carboxylic acids is 1. The Balaban J connectivity index is 1.60. The number of rotatable bonds is 7. The molecular formula is C22H23N3O3. The summed E-state index contributed by atoms with van der Waals surface area (Å²) in [5.41, 5.74) is 3.29. The number of hydrogen-bond donors (Lipinski definition) is 3. The summed E-state index contributed by atoms with van der Waals surface area (Å²) in [4.78, 5) is 27.6. The maximum Gasteiger partial charge on any atom is 0.328 e. The van der Waals surface area contributed by atoms with Crippen molar-refractivity contribution in [2.45, 2.75) is 19.3 Å². The van der Waals surface area contributed by atoms with Crippen LogP contribution in [0.1, 0.15) is 34.3 Å². The van der Waals surface area contributed by atoms with Crippen molar-refractivity contribution in [3.05, 3.63) is 71.3 Å². The molecule has 0 atom stereocenters. The van der Waals surface area contributed by atoms with Crippen molar-refractivity contribution in [2.24, 2.45) is 4.99 Å². The van der Waals surface area contributed by atoms with Crippen LogP contribution in [-0.2, 0) is 11.2 Å². The average molecular weight is 377 g/mol. The summed E-state index contributed by atoms with van der Waals surface area (Å²) in [6, 6.07) is 15.0. The maximum absolute atomic E-state index is 12.6.